The fourth-order valence-corrected chi connectivity index (χ4v) is 3.69. The fourth-order valence-electron chi connectivity index (χ4n) is 1.71. The number of halogens is 2. The van der Waals surface area contributed by atoms with Gasteiger partial charge in [-0.25, -0.2) is 12.8 Å². The van der Waals surface area contributed by atoms with E-state index in [4.69, 9.17) is 16.3 Å². The maximum absolute atomic E-state index is 13.0. The molecular formula is C13H17ClFNO4S. The van der Waals surface area contributed by atoms with Crippen molar-refractivity contribution in [2.45, 2.75) is 25.2 Å². The molecule has 0 aliphatic heterocycles. The molecule has 0 atom stereocenters. The number of sulfonamides is 1. The first-order valence-electron chi connectivity index (χ1n) is 6.43. The molecule has 0 unspecified atom stereocenters. The lowest BCUT2D eigenvalue weighted by Gasteiger charge is -2.21. The molecule has 0 N–H and O–H groups in total. The van der Waals surface area contributed by atoms with Crippen LogP contribution >= 0.6 is 11.6 Å². The summed E-state index contributed by atoms with van der Waals surface area (Å²) in [6.45, 7) is 3.30. The summed E-state index contributed by atoms with van der Waals surface area (Å²) in [7, 11) is -3.99. The van der Waals surface area contributed by atoms with E-state index in [9.17, 15) is 17.6 Å². The molecule has 0 aliphatic carbocycles. The summed E-state index contributed by atoms with van der Waals surface area (Å²) in [6.07, 6.45) is 0.511. The van der Waals surface area contributed by atoms with Gasteiger partial charge in [0.1, 0.15) is 17.3 Å². The number of nitrogens with zero attached hydrogens (tertiary/aromatic N) is 1. The first-order chi connectivity index (χ1) is 9.82. The minimum absolute atomic E-state index is 0.134. The predicted octanol–water partition coefficient (Wildman–Crippen LogP) is 2.44. The number of carbonyl (C=O) groups excluding carboxylic acids is 1. The molecule has 8 heteroatoms. The van der Waals surface area contributed by atoms with Gasteiger partial charge in [-0.1, -0.05) is 18.5 Å². The molecular weight excluding hydrogens is 321 g/mol. The largest absolute Gasteiger partial charge is 0.465 e. The zero-order chi connectivity index (χ0) is 16.0. The van der Waals surface area contributed by atoms with E-state index >= 15 is 0 Å². The molecule has 1 aromatic rings. The van der Waals surface area contributed by atoms with Crippen LogP contribution in [0.5, 0.6) is 0 Å². The normalized spacial score (nSPS) is 11.7. The van der Waals surface area contributed by atoms with Crippen LogP contribution in [-0.4, -0.2) is 38.4 Å². The van der Waals surface area contributed by atoms with E-state index in [1.54, 1.807) is 13.8 Å². The van der Waals surface area contributed by atoms with Gasteiger partial charge < -0.3 is 4.74 Å². The Balaban J connectivity index is 3.12. The molecule has 0 aliphatic rings. The molecule has 0 saturated carbocycles. The number of hydrogen-bond acceptors (Lipinski definition) is 4. The van der Waals surface area contributed by atoms with Crippen LogP contribution in [0.15, 0.2) is 23.1 Å². The molecule has 0 saturated heterocycles. The van der Waals surface area contributed by atoms with Crippen LogP contribution in [0.4, 0.5) is 4.39 Å². The second-order valence-corrected chi connectivity index (χ2v) is 6.53. The molecule has 0 spiro atoms. The van der Waals surface area contributed by atoms with E-state index in [2.05, 4.69) is 0 Å². The third-order valence-corrected chi connectivity index (χ3v) is 4.92. The highest BCUT2D eigenvalue weighted by Gasteiger charge is 2.28. The maximum Gasteiger partial charge on any atom is 0.321 e. The second-order valence-electron chi connectivity index (χ2n) is 4.22. The smallest absolute Gasteiger partial charge is 0.321 e. The molecule has 0 fully saturated rings. The molecule has 1 rings (SSSR count). The van der Waals surface area contributed by atoms with Gasteiger partial charge in [0, 0.05) is 6.54 Å². The Morgan fingerprint density at radius 2 is 2.05 bits per heavy atom. The molecule has 0 heterocycles. The highest BCUT2D eigenvalue weighted by Crippen LogP contribution is 2.25. The fraction of sp³-hybridized carbons (Fsp3) is 0.462. The molecule has 0 radical (unpaired) electrons. The van der Waals surface area contributed by atoms with Gasteiger partial charge in [-0.3, -0.25) is 4.79 Å². The Labute approximate surface area is 128 Å². The Bertz CT molecular complexity index is 606. The topological polar surface area (TPSA) is 63.7 Å². The van der Waals surface area contributed by atoms with E-state index in [1.165, 1.54) is 0 Å². The maximum atomic E-state index is 13.0. The number of hydrogen-bond donors (Lipinski definition) is 0. The van der Waals surface area contributed by atoms with Gasteiger partial charge in [-0.05, 0) is 31.5 Å². The minimum atomic E-state index is -3.99. The lowest BCUT2D eigenvalue weighted by molar-refractivity contribution is -0.143. The van der Waals surface area contributed by atoms with Crippen molar-refractivity contribution in [3.63, 3.8) is 0 Å². The molecule has 0 aromatic heterocycles. The Morgan fingerprint density at radius 1 is 1.38 bits per heavy atom. The van der Waals surface area contributed by atoms with Crippen LogP contribution in [0.3, 0.4) is 0 Å². The molecule has 21 heavy (non-hydrogen) atoms. The van der Waals surface area contributed by atoms with Crippen molar-refractivity contribution in [1.29, 1.82) is 0 Å². The van der Waals surface area contributed by atoms with Crippen molar-refractivity contribution in [3.8, 4) is 0 Å². The highest BCUT2D eigenvalue weighted by molar-refractivity contribution is 7.89. The summed E-state index contributed by atoms with van der Waals surface area (Å²) in [5.41, 5.74) is 0. The van der Waals surface area contributed by atoms with Gasteiger partial charge in [0.05, 0.1) is 11.6 Å². The molecule has 1 aromatic carbocycles. The summed E-state index contributed by atoms with van der Waals surface area (Å²) < 4.78 is 43.8. The van der Waals surface area contributed by atoms with Crippen molar-refractivity contribution >= 4 is 27.6 Å². The van der Waals surface area contributed by atoms with E-state index in [1.807, 2.05) is 0 Å². The van der Waals surface area contributed by atoms with Gasteiger partial charge in [-0.15, -0.1) is 0 Å². The van der Waals surface area contributed by atoms with Gasteiger partial charge in [0.15, 0.2) is 0 Å². The lowest BCUT2D eigenvalue weighted by Crippen LogP contribution is -2.37. The standard InChI is InChI=1S/C13H17ClFNO4S/c1-3-7-16(9-13(17)20-4-2)21(18,19)12-6-5-10(15)8-11(12)14/h5-6,8H,3-4,7,9H2,1-2H3. The summed E-state index contributed by atoms with van der Waals surface area (Å²) in [5, 5.41) is -0.222. The number of carbonyl (C=O) groups is 1. The van der Waals surface area contributed by atoms with E-state index in [-0.39, 0.29) is 23.1 Å². The quantitative estimate of drug-likeness (QED) is 0.717. The average Bonchev–Trinajstić information content (AvgIpc) is 2.38. The van der Waals surface area contributed by atoms with Crippen molar-refractivity contribution in [2.24, 2.45) is 0 Å². The van der Waals surface area contributed by atoms with E-state index in [0.29, 0.717) is 6.42 Å². The van der Waals surface area contributed by atoms with Gasteiger partial charge in [-0.2, -0.15) is 4.31 Å². The molecule has 5 nitrogen and oxygen atoms in total. The summed E-state index contributed by atoms with van der Waals surface area (Å²) in [5.74, 6) is -1.28. The average molecular weight is 338 g/mol. The molecule has 0 amide bonds. The summed E-state index contributed by atoms with van der Waals surface area (Å²) in [6, 6.07) is 3.01. The van der Waals surface area contributed by atoms with Gasteiger partial charge >= 0.3 is 5.97 Å². The van der Waals surface area contributed by atoms with Crippen LogP contribution in [0.1, 0.15) is 20.3 Å². The van der Waals surface area contributed by atoms with Crippen molar-refractivity contribution in [1.82, 2.24) is 4.31 Å². The molecule has 0 bridgehead atoms. The first-order valence-corrected chi connectivity index (χ1v) is 8.25. The predicted molar refractivity (Wildman–Crippen MR) is 77.1 cm³/mol. The van der Waals surface area contributed by atoms with Crippen LogP contribution < -0.4 is 0 Å². The Hall–Kier alpha value is -1.18. The van der Waals surface area contributed by atoms with Gasteiger partial charge in [0.25, 0.3) is 0 Å². The zero-order valence-electron chi connectivity index (χ0n) is 11.8. The Kier molecular flexibility index (Phi) is 6.57. The zero-order valence-corrected chi connectivity index (χ0v) is 13.4. The number of rotatable bonds is 7. The number of ether oxygens (including phenoxy) is 1. The van der Waals surface area contributed by atoms with Crippen molar-refractivity contribution in [3.05, 3.63) is 29.0 Å². The monoisotopic (exact) mass is 337 g/mol. The Morgan fingerprint density at radius 3 is 2.57 bits per heavy atom. The van der Waals surface area contributed by atoms with Crippen molar-refractivity contribution in [2.75, 3.05) is 19.7 Å². The van der Waals surface area contributed by atoms with Crippen molar-refractivity contribution < 1.29 is 22.3 Å². The molecule has 118 valence electrons. The van der Waals surface area contributed by atoms with E-state index in [0.717, 1.165) is 22.5 Å². The second kappa shape index (κ2) is 7.72. The third-order valence-electron chi connectivity index (χ3n) is 2.60. The van der Waals surface area contributed by atoms with Crippen LogP contribution in [0, 0.1) is 5.82 Å². The number of benzene rings is 1. The SMILES string of the molecule is CCCN(CC(=O)OCC)S(=O)(=O)c1ccc(F)cc1Cl. The highest BCUT2D eigenvalue weighted by atomic mass is 35.5. The number of esters is 1. The minimum Gasteiger partial charge on any atom is -0.465 e. The lowest BCUT2D eigenvalue weighted by atomic mass is 10.3. The van der Waals surface area contributed by atoms with Crippen LogP contribution in [0.25, 0.3) is 0 Å². The first kappa shape index (κ1) is 17.9. The third kappa shape index (κ3) is 4.66. The summed E-state index contributed by atoms with van der Waals surface area (Å²) >= 11 is 5.79. The van der Waals surface area contributed by atoms with Gasteiger partial charge in [0.2, 0.25) is 10.0 Å². The van der Waals surface area contributed by atoms with E-state index < -0.39 is 28.4 Å². The summed E-state index contributed by atoms with van der Waals surface area (Å²) in [4.78, 5) is 11.3. The van der Waals surface area contributed by atoms with Crippen LogP contribution in [-0.2, 0) is 19.6 Å². The van der Waals surface area contributed by atoms with Crippen LogP contribution in [0.2, 0.25) is 5.02 Å².